The summed E-state index contributed by atoms with van der Waals surface area (Å²) in [5.74, 6) is 0. The van der Waals surface area contributed by atoms with Crippen LogP contribution in [0.15, 0.2) is 127 Å². The Kier molecular flexibility index (Phi) is 5.60. The highest BCUT2D eigenvalue weighted by atomic mass is 14.2. The van der Waals surface area contributed by atoms with Crippen LogP contribution < -0.4 is 10.4 Å². The van der Waals surface area contributed by atoms with Crippen molar-refractivity contribution < 1.29 is 0 Å². The van der Waals surface area contributed by atoms with Crippen LogP contribution in [0.1, 0.15) is 18.4 Å². The highest BCUT2D eigenvalue weighted by molar-refractivity contribution is 6.21. The monoisotopic (exact) mass is 522 g/mol. The van der Waals surface area contributed by atoms with Gasteiger partial charge < -0.3 is 0 Å². The van der Waals surface area contributed by atoms with Crippen LogP contribution in [0.2, 0.25) is 0 Å². The summed E-state index contributed by atoms with van der Waals surface area (Å²) in [6, 6.07) is 47.2. The lowest BCUT2D eigenvalue weighted by Crippen LogP contribution is -2.29. The first kappa shape index (κ1) is 23.9. The Morgan fingerprint density at radius 1 is 0.415 bits per heavy atom. The van der Waals surface area contributed by atoms with E-state index in [0.717, 1.165) is 12.8 Å². The third-order valence-electron chi connectivity index (χ3n) is 8.73. The zero-order chi connectivity index (χ0) is 27.3. The van der Waals surface area contributed by atoms with E-state index < -0.39 is 0 Å². The SMILES string of the molecule is Cc1ccc(-c2c3ccccc3c(-c3ccc4cc(-c5ccccc5)c5c(c4c3)=CCCC=5)c3ccccc23)cc1. The molecule has 0 fully saturated rings. The molecule has 1 aliphatic carbocycles. The first-order valence-electron chi connectivity index (χ1n) is 14.6. The summed E-state index contributed by atoms with van der Waals surface area (Å²) >= 11 is 0. The number of hydrogen-bond acceptors (Lipinski definition) is 0. The van der Waals surface area contributed by atoms with Gasteiger partial charge in [-0.15, -0.1) is 0 Å². The molecule has 0 heteroatoms. The zero-order valence-electron chi connectivity index (χ0n) is 23.2. The van der Waals surface area contributed by atoms with Crippen molar-refractivity contribution in [3.63, 3.8) is 0 Å². The summed E-state index contributed by atoms with van der Waals surface area (Å²) in [4.78, 5) is 0. The van der Waals surface area contributed by atoms with E-state index in [2.05, 4.69) is 146 Å². The van der Waals surface area contributed by atoms with Crippen LogP contribution in [0.4, 0.5) is 0 Å². The maximum atomic E-state index is 2.45. The molecule has 0 bridgehead atoms. The van der Waals surface area contributed by atoms with E-state index in [1.54, 1.807) is 0 Å². The van der Waals surface area contributed by atoms with Crippen molar-refractivity contribution in [2.45, 2.75) is 19.8 Å². The topological polar surface area (TPSA) is 0 Å². The Bertz CT molecular complexity index is 2180. The third kappa shape index (κ3) is 3.90. The van der Waals surface area contributed by atoms with Gasteiger partial charge in [-0.3, -0.25) is 0 Å². The van der Waals surface area contributed by atoms with Crippen molar-refractivity contribution in [3.05, 3.63) is 143 Å². The van der Waals surface area contributed by atoms with Gasteiger partial charge in [-0.25, -0.2) is 0 Å². The van der Waals surface area contributed by atoms with Crippen molar-refractivity contribution in [1.82, 2.24) is 0 Å². The van der Waals surface area contributed by atoms with Gasteiger partial charge in [0.05, 0.1) is 0 Å². The second kappa shape index (κ2) is 9.61. The highest BCUT2D eigenvalue weighted by Crippen LogP contribution is 2.44. The molecule has 0 saturated carbocycles. The molecule has 8 rings (SSSR count). The molecular weight excluding hydrogens is 492 g/mol. The van der Waals surface area contributed by atoms with Crippen molar-refractivity contribution in [2.75, 3.05) is 0 Å². The standard InChI is InChI=1S/C41H30/c1-27-19-21-29(22-20-27)40-34-15-7-9-17-36(34)41(37-18-10-8-16-35(37)40)31-24-23-30-25-38(28-11-3-2-4-12-28)32-13-5-6-14-33(32)39(30)26-31/h2-4,7-26H,5-6H2,1H3. The number of fused-ring (bicyclic) bond motifs is 5. The molecule has 0 saturated heterocycles. The minimum absolute atomic E-state index is 1.08. The number of rotatable bonds is 3. The van der Waals surface area contributed by atoms with E-state index in [1.807, 2.05) is 0 Å². The molecule has 7 aromatic carbocycles. The van der Waals surface area contributed by atoms with E-state index in [4.69, 9.17) is 0 Å². The Labute approximate surface area is 240 Å². The smallest absolute Gasteiger partial charge is 0.00261 e. The Hall–Kier alpha value is -4.94. The van der Waals surface area contributed by atoms with Gasteiger partial charge in [-0.2, -0.15) is 0 Å². The van der Waals surface area contributed by atoms with Gasteiger partial charge in [-0.05, 0) is 108 Å². The van der Waals surface area contributed by atoms with Crippen molar-refractivity contribution in [1.29, 1.82) is 0 Å². The van der Waals surface area contributed by atoms with Crippen molar-refractivity contribution in [3.8, 4) is 33.4 Å². The summed E-state index contributed by atoms with van der Waals surface area (Å²) in [6.45, 7) is 2.15. The Balaban J connectivity index is 1.45. The molecule has 0 N–H and O–H groups in total. The van der Waals surface area contributed by atoms with Gasteiger partial charge in [0.15, 0.2) is 0 Å². The van der Waals surface area contributed by atoms with Crippen LogP contribution in [0.25, 0.3) is 77.9 Å². The van der Waals surface area contributed by atoms with Gasteiger partial charge in [-0.1, -0.05) is 133 Å². The summed E-state index contributed by atoms with van der Waals surface area (Å²) in [7, 11) is 0. The van der Waals surface area contributed by atoms with Crippen LogP contribution in [0.5, 0.6) is 0 Å². The van der Waals surface area contributed by atoms with Gasteiger partial charge in [0.25, 0.3) is 0 Å². The molecule has 0 radical (unpaired) electrons. The van der Waals surface area contributed by atoms with Crippen LogP contribution in [0.3, 0.4) is 0 Å². The van der Waals surface area contributed by atoms with E-state index in [-0.39, 0.29) is 0 Å². The Morgan fingerprint density at radius 3 is 1.59 bits per heavy atom. The molecule has 0 heterocycles. The first-order chi connectivity index (χ1) is 20.3. The first-order valence-corrected chi connectivity index (χ1v) is 14.6. The molecule has 0 aromatic heterocycles. The molecule has 0 aliphatic heterocycles. The summed E-state index contributed by atoms with van der Waals surface area (Å²) in [5.41, 5.74) is 9.06. The van der Waals surface area contributed by atoms with Crippen molar-refractivity contribution >= 4 is 44.5 Å². The summed E-state index contributed by atoms with van der Waals surface area (Å²) in [5, 5.41) is 10.6. The zero-order valence-corrected chi connectivity index (χ0v) is 23.2. The lowest BCUT2D eigenvalue weighted by molar-refractivity contribution is 1.12. The number of aryl methyl sites for hydroxylation is 1. The lowest BCUT2D eigenvalue weighted by Gasteiger charge is -2.18. The largest absolute Gasteiger partial charge is 0.0757 e. The molecule has 194 valence electrons. The average molecular weight is 523 g/mol. The van der Waals surface area contributed by atoms with Gasteiger partial charge in [0, 0.05) is 0 Å². The van der Waals surface area contributed by atoms with E-state index >= 15 is 0 Å². The quantitative estimate of drug-likeness (QED) is 0.203. The molecular formula is C41H30. The maximum absolute atomic E-state index is 2.45. The molecule has 0 atom stereocenters. The Morgan fingerprint density at radius 2 is 0.951 bits per heavy atom. The van der Waals surface area contributed by atoms with E-state index in [9.17, 15) is 0 Å². The maximum Gasteiger partial charge on any atom is -0.00261 e. The minimum Gasteiger partial charge on any atom is -0.0757 e. The van der Waals surface area contributed by atoms with Gasteiger partial charge in [0.2, 0.25) is 0 Å². The van der Waals surface area contributed by atoms with Gasteiger partial charge >= 0.3 is 0 Å². The lowest BCUT2D eigenvalue weighted by atomic mass is 9.85. The molecule has 0 unspecified atom stereocenters. The van der Waals surface area contributed by atoms with Crippen LogP contribution in [-0.4, -0.2) is 0 Å². The highest BCUT2D eigenvalue weighted by Gasteiger charge is 2.17. The molecule has 0 amide bonds. The average Bonchev–Trinajstić information content (AvgIpc) is 3.04. The van der Waals surface area contributed by atoms with Crippen LogP contribution >= 0.6 is 0 Å². The fourth-order valence-corrected chi connectivity index (χ4v) is 6.82. The second-order valence-electron chi connectivity index (χ2n) is 11.2. The summed E-state index contributed by atoms with van der Waals surface area (Å²) < 4.78 is 0. The fourth-order valence-electron chi connectivity index (χ4n) is 6.82. The number of benzene rings is 7. The predicted molar refractivity (Wildman–Crippen MR) is 177 cm³/mol. The molecule has 1 aliphatic rings. The minimum atomic E-state index is 1.08. The van der Waals surface area contributed by atoms with Crippen LogP contribution in [0, 0.1) is 6.92 Å². The molecule has 41 heavy (non-hydrogen) atoms. The summed E-state index contributed by atoms with van der Waals surface area (Å²) in [6.07, 6.45) is 7.06. The molecule has 0 nitrogen and oxygen atoms in total. The second-order valence-corrected chi connectivity index (χ2v) is 11.2. The molecule has 0 spiro atoms. The molecule has 7 aromatic rings. The fraction of sp³-hybridized carbons (Fsp3) is 0.0732. The predicted octanol–water partition coefficient (Wildman–Crippen LogP) is 9.81. The normalized spacial score (nSPS) is 12.7. The van der Waals surface area contributed by atoms with E-state index in [1.165, 1.54) is 81.7 Å². The number of hydrogen-bond donors (Lipinski definition) is 0. The van der Waals surface area contributed by atoms with Crippen molar-refractivity contribution in [2.24, 2.45) is 0 Å². The van der Waals surface area contributed by atoms with E-state index in [0.29, 0.717) is 0 Å². The van der Waals surface area contributed by atoms with Gasteiger partial charge in [0.1, 0.15) is 0 Å². The van der Waals surface area contributed by atoms with Crippen LogP contribution in [-0.2, 0) is 0 Å². The third-order valence-corrected chi connectivity index (χ3v) is 8.73.